The Labute approximate surface area is 142 Å². The summed E-state index contributed by atoms with van der Waals surface area (Å²) in [6.45, 7) is 9.33. The molecule has 0 saturated heterocycles. The molecule has 2 atom stereocenters. The van der Waals surface area contributed by atoms with Gasteiger partial charge < -0.3 is 0 Å². The van der Waals surface area contributed by atoms with Crippen LogP contribution in [-0.4, -0.2) is 0 Å². The van der Waals surface area contributed by atoms with Crippen molar-refractivity contribution in [3.63, 3.8) is 0 Å². The van der Waals surface area contributed by atoms with Gasteiger partial charge in [0.25, 0.3) is 0 Å². The van der Waals surface area contributed by atoms with Crippen molar-refractivity contribution in [3.8, 4) is 0 Å². The molecule has 0 aliphatic carbocycles. The SMILES string of the molecule is CCCCCCC([CH]C(CCCCC)CCCCCC)CC. The van der Waals surface area contributed by atoms with Crippen molar-refractivity contribution in [2.75, 3.05) is 0 Å². The summed E-state index contributed by atoms with van der Waals surface area (Å²) in [6, 6.07) is 0. The van der Waals surface area contributed by atoms with Crippen LogP contribution in [0.3, 0.4) is 0 Å². The van der Waals surface area contributed by atoms with Crippen molar-refractivity contribution >= 4 is 0 Å². The molecule has 0 N–H and O–H groups in total. The minimum atomic E-state index is 0.884. The number of hydrogen-bond acceptors (Lipinski definition) is 0. The average molecular weight is 310 g/mol. The van der Waals surface area contributed by atoms with Gasteiger partial charge in [-0.15, -0.1) is 0 Å². The highest BCUT2D eigenvalue weighted by Crippen LogP contribution is 2.28. The lowest BCUT2D eigenvalue weighted by Gasteiger charge is -2.23. The van der Waals surface area contributed by atoms with E-state index in [1.807, 2.05) is 0 Å². The molecule has 0 rings (SSSR count). The summed E-state index contributed by atoms with van der Waals surface area (Å²) < 4.78 is 0. The minimum absolute atomic E-state index is 0.884. The van der Waals surface area contributed by atoms with Crippen molar-refractivity contribution in [3.05, 3.63) is 6.42 Å². The number of rotatable bonds is 17. The van der Waals surface area contributed by atoms with Crippen molar-refractivity contribution in [1.29, 1.82) is 0 Å². The van der Waals surface area contributed by atoms with Crippen molar-refractivity contribution in [2.24, 2.45) is 11.8 Å². The van der Waals surface area contributed by atoms with Crippen LogP contribution < -0.4 is 0 Å². The molecule has 22 heavy (non-hydrogen) atoms. The third-order valence-corrected chi connectivity index (χ3v) is 5.10. The number of hydrogen-bond donors (Lipinski definition) is 0. The molecule has 1 radical (unpaired) electrons. The molecule has 0 saturated carbocycles. The van der Waals surface area contributed by atoms with Crippen molar-refractivity contribution in [2.45, 2.75) is 124 Å². The van der Waals surface area contributed by atoms with Gasteiger partial charge in [0.2, 0.25) is 0 Å². The topological polar surface area (TPSA) is 0 Å². The van der Waals surface area contributed by atoms with Crippen LogP contribution in [0.2, 0.25) is 0 Å². The Morgan fingerprint density at radius 3 is 1.36 bits per heavy atom. The largest absolute Gasteiger partial charge is 0.0654 e. The van der Waals surface area contributed by atoms with Gasteiger partial charge in [-0.25, -0.2) is 0 Å². The molecule has 0 bridgehead atoms. The first-order valence-electron chi connectivity index (χ1n) is 10.6. The Bertz CT molecular complexity index is 196. The van der Waals surface area contributed by atoms with Gasteiger partial charge in [0.05, 0.1) is 0 Å². The zero-order valence-corrected chi connectivity index (χ0v) is 16.3. The van der Waals surface area contributed by atoms with Crippen LogP contribution in [0.25, 0.3) is 0 Å². The molecular weight excluding hydrogens is 264 g/mol. The van der Waals surface area contributed by atoms with E-state index in [0.717, 1.165) is 11.8 Å². The molecule has 0 aromatic heterocycles. The van der Waals surface area contributed by atoms with Gasteiger partial charge in [-0.05, 0) is 18.3 Å². The summed E-state index contributed by atoms with van der Waals surface area (Å²) in [5.41, 5.74) is 0. The van der Waals surface area contributed by atoms with E-state index in [1.165, 1.54) is 96.3 Å². The van der Waals surface area contributed by atoms with Crippen molar-refractivity contribution in [1.82, 2.24) is 0 Å². The van der Waals surface area contributed by atoms with E-state index in [4.69, 9.17) is 0 Å². The van der Waals surface area contributed by atoms with E-state index in [0.29, 0.717) is 0 Å². The fraction of sp³-hybridized carbons (Fsp3) is 0.955. The van der Waals surface area contributed by atoms with Gasteiger partial charge in [0, 0.05) is 0 Å². The zero-order chi connectivity index (χ0) is 16.5. The predicted molar refractivity (Wildman–Crippen MR) is 103 cm³/mol. The van der Waals surface area contributed by atoms with E-state index in [9.17, 15) is 0 Å². The second kappa shape index (κ2) is 17.4. The molecule has 0 fully saturated rings. The molecule has 0 aromatic rings. The zero-order valence-electron chi connectivity index (χ0n) is 16.3. The minimum Gasteiger partial charge on any atom is -0.0654 e. The maximum atomic E-state index is 2.77. The van der Waals surface area contributed by atoms with Gasteiger partial charge >= 0.3 is 0 Å². The summed E-state index contributed by atoms with van der Waals surface area (Å²) in [5, 5.41) is 0. The quantitative estimate of drug-likeness (QED) is 0.237. The highest BCUT2D eigenvalue weighted by Gasteiger charge is 2.15. The average Bonchev–Trinajstić information content (AvgIpc) is 2.54. The molecule has 0 aromatic carbocycles. The first kappa shape index (κ1) is 22.0. The second-order valence-electron chi connectivity index (χ2n) is 7.32. The lowest BCUT2D eigenvalue weighted by Crippen LogP contribution is -2.10. The molecule has 0 heterocycles. The monoisotopic (exact) mass is 309 g/mol. The van der Waals surface area contributed by atoms with Crippen molar-refractivity contribution < 1.29 is 0 Å². The Kier molecular flexibility index (Phi) is 17.4. The molecule has 0 nitrogen and oxygen atoms in total. The third-order valence-electron chi connectivity index (χ3n) is 5.10. The van der Waals surface area contributed by atoms with E-state index in [1.54, 1.807) is 0 Å². The van der Waals surface area contributed by atoms with E-state index >= 15 is 0 Å². The molecule has 0 aliphatic heterocycles. The second-order valence-corrected chi connectivity index (χ2v) is 7.32. The lowest BCUT2D eigenvalue weighted by atomic mass is 9.83. The van der Waals surface area contributed by atoms with Crippen LogP contribution in [0.4, 0.5) is 0 Å². The fourth-order valence-electron chi connectivity index (χ4n) is 3.48. The Hall–Kier alpha value is 0. The van der Waals surface area contributed by atoms with Crippen LogP contribution in [0.1, 0.15) is 124 Å². The molecule has 133 valence electrons. The molecule has 0 aliphatic rings. The van der Waals surface area contributed by atoms with Gasteiger partial charge in [0.15, 0.2) is 0 Å². The Morgan fingerprint density at radius 2 is 0.909 bits per heavy atom. The molecule has 0 heteroatoms. The van der Waals surface area contributed by atoms with Gasteiger partial charge in [-0.2, -0.15) is 0 Å². The third kappa shape index (κ3) is 13.6. The lowest BCUT2D eigenvalue weighted by molar-refractivity contribution is 0.382. The van der Waals surface area contributed by atoms with Gasteiger partial charge in [-0.3, -0.25) is 0 Å². The van der Waals surface area contributed by atoms with Gasteiger partial charge in [-0.1, -0.05) is 124 Å². The van der Waals surface area contributed by atoms with Gasteiger partial charge in [0.1, 0.15) is 0 Å². The van der Waals surface area contributed by atoms with E-state index < -0.39 is 0 Å². The summed E-state index contributed by atoms with van der Waals surface area (Å²) in [7, 11) is 0. The first-order chi connectivity index (χ1) is 10.8. The summed E-state index contributed by atoms with van der Waals surface area (Å²) >= 11 is 0. The van der Waals surface area contributed by atoms with Crippen LogP contribution in [-0.2, 0) is 0 Å². The van der Waals surface area contributed by atoms with E-state index in [2.05, 4.69) is 34.1 Å². The molecule has 2 unspecified atom stereocenters. The standard InChI is InChI=1S/C22H45/c1-5-9-12-15-17-21(8-4)20-22(18-14-11-7-3)19-16-13-10-6-2/h20-22H,5-19H2,1-4H3. The van der Waals surface area contributed by atoms with Crippen LogP contribution >= 0.6 is 0 Å². The highest BCUT2D eigenvalue weighted by atomic mass is 14.2. The smallest absolute Gasteiger partial charge is 0.0324 e. The summed E-state index contributed by atoms with van der Waals surface area (Å²) in [5.74, 6) is 1.79. The maximum Gasteiger partial charge on any atom is -0.0324 e. The molecule has 0 amide bonds. The summed E-state index contributed by atoms with van der Waals surface area (Å²) in [4.78, 5) is 0. The Balaban J connectivity index is 4.06. The summed E-state index contributed by atoms with van der Waals surface area (Å²) in [6.07, 6.45) is 24.0. The normalized spacial score (nSPS) is 14.2. The molecular formula is C22H45. The van der Waals surface area contributed by atoms with Crippen LogP contribution in [0.5, 0.6) is 0 Å². The number of unbranched alkanes of at least 4 members (excludes halogenated alkanes) is 8. The maximum absolute atomic E-state index is 2.77. The Morgan fingerprint density at radius 1 is 0.500 bits per heavy atom. The van der Waals surface area contributed by atoms with E-state index in [-0.39, 0.29) is 0 Å². The highest BCUT2D eigenvalue weighted by molar-refractivity contribution is 4.83. The van der Waals surface area contributed by atoms with Crippen LogP contribution in [0.15, 0.2) is 0 Å². The predicted octanol–water partition coefficient (Wildman–Crippen LogP) is 8.35. The fourth-order valence-corrected chi connectivity index (χ4v) is 3.48. The van der Waals surface area contributed by atoms with Crippen LogP contribution in [0, 0.1) is 18.3 Å². The first-order valence-corrected chi connectivity index (χ1v) is 10.6. The molecule has 0 spiro atoms.